The van der Waals surface area contributed by atoms with E-state index >= 15 is 0 Å². The third-order valence-corrected chi connectivity index (χ3v) is 3.17. The summed E-state index contributed by atoms with van der Waals surface area (Å²) in [6.45, 7) is 5.59. The standard InChI is InChI=1S/C14H19N3O2/c1-3-17(9-10-18)11(2)14-15-13(16-19-14)12-7-5-4-6-8-12/h4-8,11,18H,3,9-10H2,1-2H3. The van der Waals surface area contributed by atoms with Crippen molar-refractivity contribution >= 4 is 0 Å². The molecule has 0 bridgehead atoms. The van der Waals surface area contributed by atoms with E-state index in [1.807, 2.05) is 44.2 Å². The zero-order valence-corrected chi connectivity index (χ0v) is 11.3. The van der Waals surface area contributed by atoms with E-state index in [-0.39, 0.29) is 12.6 Å². The Morgan fingerprint density at radius 2 is 2.05 bits per heavy atom. The molecule has 0 amide bonds. The lowest BCUT2D eigenvalue weighted by molar-refractivity contribution is 0.143. The Kier molecular flexibility index (Phi) is 4.65. The van der Waals surface area contributed by atoms with Crippen molar-refractivity contribution in [3.63, 3.8) is 0 Å². The van der Waals surface area contributed by atoms with Crippen LogP contribution in [-0.2, 0) is 0 Å². The first-order valence-electron chi connectivity index (χ1n) is 6.50. The van der Waals surface area contributed by atoms with Gasteiger partial charge in [0.05, 0.1) is 12.6 Å². The predicted octanol–water partition coefficient (Wildman–Crippen LogP) is 2.11. The van der Waals surface area contributed by atoms with E-state index in [1.165, 1.54) is 0 Å². The molecule has 0 saturated carbocycles. The average Bonchev–Trinajstić information content (AvgIpc) is 2.95. The SMILES string of the molecule is CCN(CCO)C(C)c1nc(-c2ccccc2)no1. The van der Waals surface area contributed by atoms with Gasteiger partial charge in [-0.05, 0) is 13.5 Å². The molecule has 1 N–H and O–H groups in total. The molecular formula is C14H19N3O2. The molecular weight excluding hydrogens is 242 g/mol. The quantitative estimate of drug-likeness (QED) is 0.863. The number of hydrogen-bond donors (Lipinski definition) is 1. The van der Waals surface area contributed by atoms with Gasteiger partial charge in [0.1, 0.15) is 0 Å². The molecule has 102 valence electrons. The summed E-state index contributed by atoms with van der Waals surface area (Å²) < 4.78 is 5.33. The third-order valence-electron chi connectivity index (χ3n) is 3.17. The van der Waals surface area contributed by atoms with Gasteiger partial charge in [-0.3, -0.25) is 4.90 Å². The Morgan fingerprint density at radius 3 is 2.68 bits per heavy atom. The van der Waals surface area contributed by atoms with E-state index in [0.29, 0.717) is 18.3 Å². The van der Waals surface area contributed by atoms with E-state index < -0.39 is 0 Å². The van der Waals surface area contributed by atoms with Crippen LogP contribution in [0.25, 0.3) is 11.4 Å². The first kappa shape index (κ1) is 13.7. The van der Waals surface area contributed by atoms with Crippen molar-refractivity contribution in [1.29, 1.82) is 0 Å². The van der Waals surface area contributed by atoms with Crippen molar-refractivity contribution < 1.29 is 9.63 Å². The summed E-state index contributed by atoms with van der Waals surface area (Å²) in [4.78, 5) is 6.52. The zero-order valence-electron chi connectivity index (χ0n) is 11.3. The second-order valence-corrected chi connectivity index (χ2v) is 4.35. The Morgan fingerprint density at radius 1 is 1.32 bits per heavy atom. The van der Waals surface area contributed by atoms with Gasteiger partial charge in [-0.25, -0.2) is 0 Å². The van der Waals surface area contributed by atoms with Crippen LogP contribution < -0.4 is 0 Å². The van der Waals surface area contributed by atoms with Crippen molar-refractivity contribution in [2.75, 3.05) is 19.7 Å². The molecule has 0 radical (unpaired) electrons. The highest BCUT2D eigenvalue weighted by atomic mass is 16.5. The van der Waals surface area contributed by atoms with Gasteiger partial charge in [-0.15, -0.1) is 0 Å². The maximum atomic E-state index is 9.04. The van der Waals surface area contributed by atoms with Gasteiger partial charge in [0.25, 0.3) is 0 Å². The minimum atomic E-state index is 0.00196. The number of benzene rings is 1. The van der Waals surface area contributed by atoms with Gasteiger partial charge < -0.3 is 9.63 Å². The van der Waals surface area contributed by atoms with E-state index in [9.17, 15) is 0 Å². The van der Waals surface area contributed by atoms with Crippen LogP contribution in [0.2, 0.25) is 0 Å². The molecule has 2 aromatic rings. The molecule has 5 heteroatoms. The molecule has 1 aromatic heterocycles. The monoisotopic (exact) mass is 261 g/mol. The van der Waals surface area contributed by atoms with Crippen molar-refractivity contribution in [3.8, 4) is 11.4 Å². The first-order chi connectivity index (χ1) is 9.26. The number of likely N-dealkylation sites (N-methyl/N-ethyl adjacent to an activating group) is 1. The summed E-state index contributed by atoms with van der Waals surface area (Å²) in [5, 5.41) is 13.0. The number of rotatable bonds is 6. The summed E-state index contributed by atoms with van der Waals surface area (Å²) in [5.74, 6) is 1.18. The second-order valence-electron chi connectivity index (χ2n) is 4.35. The molecule has 1 heterocycles. The van der Waals surface area contributed by atoms with Crippen LogP contribution in [0.15, 0.2) is 34.9 Å². The van der Waals surface area contributed by atoms with Crippen molar-refractivity contribution in [3.05, 3.63) is 36.2 Å². The maximum absolute atomic E-state index is 9.04. The van der Waals surface area contributed by atoms with Gasteiger partial charge in [0.15, 0.2) is 0 Å². The third kappa shape index (κ3) is 3.19. The fourth-order valence-corrected chi connectivity index (χ4v) is 2.02. The van der Waals surface area contributed by atoms with Gasteiger partial charge in [0, 0.05) is 12.1 Å². The molecule has 0 aliphatic carbocycles. The highest BCUT2D eigenvalue weighted by molar-refractivity contribution is 5.53. The highest BCUT2D eigenvalue weighted by Gasteiger charge is 2.20. The number of nitrogens with zero attached hydrogens (tertiary/aromatic N) is 3. The Hall–Kier alpha value is -1.72. The molecule has 1 aromatic carbocycles. The second kappa shape index (κ2) is 6.45. The van der Waals surface area contributed by atoms with Crippen molar-refractivity contribution in [2.24, 2.45) is 0 Å². The van der Waals surface area contributed by atoms with Gasteiger partial charge >= 0.3 is 0 Å². The van der Waals surface area contributed by atoms with Gasteiger partial charge in [-0.2, -0.15) is 4.98 Å². The highest BCUT2D eigenvalue weighted by Crippen LogP contribution is 2.21. The topological polar surface area (TPSA) is 62.4 Å². The average molecular weight is 261 g/mol. The predicted molar refractivity (Wildman–Crippen MR) is 72.5 cm³/mol. The molecule has 0 spiro atoms. The molecule has 0 aliphatic heterocycles. The summed E-state index contributed by atoms with van der Waals surface area (Å²) in [5.41, 5.74) is 0.940. The van der Waals surface area contributed by atoms with Crippen LogP contribution in [0.4, 0.5) is 0 Å². The lowest BCUT2D eigenvalue weighted by Crippen LogP contribution is -2.29. The number of aliphatic hydroxyl groups is 1. The molecule has 1 atom stereocenters. The van der Waals surface area contributed by atoms with Crippen molar-refractivity contribution in [1.82, 2.24) is 15.0 Å². The zero-order chi connectivity index (χ0) is 13.7. The summed E-state index contributed by atoms with van der Waals surface area (Å²) in [6.07, 6.45) is 0. The van der Waals surface area contributed by atoms with Crippen LogP contribution in [0.3, 0.4) is 0 Å². The van der Waals surface area contributed by atoms with Crippen molar-refractivity contribution in [2.45, 2.75) is 19.9 Å². The molecule has 19 heavy (non-hydrogen) atoms. The van der Waals surface area contributed by atoms with Crippen LogP contribution >= 0.6 is 0 Å². The van der Waals surface area contributed by atoms with E-state index in [0.717, 1.165) is 12.1 Å². The Balaban J connectivity index is 2.16. The van der Waals surface area contributed by atoms with Crippen LogP contribution in [0, 0.1) is 0 Å². The van der Waals surface area contributed by atoms with Crippen LogP contribution in [0.5, 0.6) is 0 Å². The number of aromatic nitrogens is 2. The lowest BCUT2D eigenvalue weighted by atomic mass is 10.2. The van der Waals surface area contributed by atoms with E-state index in [2.05, 4.69) is 15.0 Å². The number of aliphatic hydroxyl groups excluding tert-OH is 1. The van der Waals surface area contributed by atoms with Gasteiger partial charge in [-0.1, -0.05) is 42.4 Å². The smallest absolute Gasteiger partial charge is 0.244 e. The first-order valence-corrected chi connectivity index (χ1v) is 6.50. The normalized spacial score (nSPS) is 12.8. The molecule has 2 rings (SSSR count). The Labute approximate surface area is 112 Å². The lowest BCUT2D eigenvalue weighted by Gasteiger charge is -2.23. The molecule has 1 unspecified atom stereocenters. The fraction of sp³-hybridized carbons (Fsp3) is 0.429. The molecule has 0 saturated heterocycles. The summed E-state index contributed by atoms with van der Waals surface area (Å²) in [7, 11) is 0. The molecule has 0 fully saturated rings. The number of hydrogen-bond acceptors (Lipinski definition) is 5. The summed E-state index contributed by atoms with van der Waals surface area (Å²) in [6, 6.07) is 9.74. The summed E-state index contributed by atoms with van der Waals surface area (Å²) >= 11 is 0. The minimum absolute atomic E-state index is 0.00196. The molecule has 0 aliphatic rings. The largest absolute Gasteiger partial charge is 0.395 e. The Bertz CT molecular complexity index is 498. The minimum Gasteiger partial charge on any atom is -0.395 e. The van der Waals surface area contributed by atoms with E-state index in [4.69, 9.17) is 9.63 Å². The van der Waals surface area contributed by atoms with Gasteiger partial charge in [0.2, 0.25) is 11.7 Å². The fourth-order valence-electron chi connectivity index (χ4n) is 2.02. The molecule has 5 nitrogen and oxygen atoms in total. The van der Waals surface area contributed by atoms with Crippen LogP contribution in [-0.4, -0.2) is 39.8 Å². The van der Waals surface area contributed by atoms with E-state index in [1.54, 1.807) is 0 Å². The maximum Gasteiger partial charge on any atom is 0.244 e. The van der Waals surface area contributed by atoms with Crippen LogP contribution in [0.1, 0.15) is 25.8 Å².